The molecule has 0 bridgehead atoms. The van der Waals surface area contributed by atoms with Gasteiger partial charge in [0, 0.05) is 13.1 Å². The van der Waals surface area contributed by atoms with Gasteiger partial charge in [-0.3, -0.25) is 9.59 Å². The molecule has 0 aliphatic carbocycles. The van der Waals surface area contributed by atoms with Crippen LogP contribution in [0.2, 0.25) is 0 Å². The van der Waals surface area contributed by atoms with Crippen molar-refractivity contribution in [2.75, 3.05) is 24.7 Å². The number of carbonyl (C=O) groups is 2. The van der Waals surface area contributed by atoms with Gasteiger partial charge < -0.3 is 14.8 Å². The number of nitrogens with zero attached hydrogens (tertiary/aromatic N) is 3. The summed E-state index contributed by atoms with van der Waals surface area (Å²) in [6, 6.07) is 15.1. The van der Waals surface area contributed by atoms with Crippen molar-refractivity contribution >= 4 is 40.3 Å². The number of nitrogens with one attached hydrogen (secondary N) is 1. The van der Waals surface area contributed by atoms with Crippen molar-refractivity contribution in [3.63, 3.8) is 0 Å². The zero-order valence-electron chi connectivity index (χ0n) is 17.1. The fraction of sp³-hybridized carbons (Fsp3) is 0.348. The summed E-state index contributed by atoms with van der Waals surface area (Å²) in [6.07, 6.45) is 5.25. The van der Waals surface area contributed by atoms with E-state index in [0.29, 0.717) is 11.3 Å². The number of piperidine rings is 1. The van der Waals surface area contributed by atoms with Gasteiger partial charge in [-0.2, -0.15) is 11.8 Å². The van der Waals surface area contributed by atoms with Crippen LogP contribution >= 0.6 is 11.8 Å². The first-order chi connectivity index (χ1) is 14.7. The van der Waals surface area contributed by atoms with Crippen LogP contribution in [-0.2, 0) is 17.1 Å². The Balaban J connectivity index is 1.55. The number of thioether (sulfide) groups is 1. The second-order valence-corrected chi connectivity index (χ2v) is 8.35. The normalized spacial score (nSPS) is 14.1. The molecule has 0 unspecified atom stereocenters. The molecule has 0 saturated carbocycles. The van der Waals surface area contributed by atoms with Crippen molar-refractivity contribution in [3.8, 4) is 0 Å². The summed E-state index contributed by atoms with van der Waals surface area (Å²) in [5, 5.41) is 2.96. The Hall–Kier alpha value is -2.80. The minimum atomic E-state index is -0.167. The summed E-state index contributed by atoms with van der Waals surface area (Å²) in [7, 11) is 0. The number of rotatable bonds is 6. The molecule has 4 rings (SSSR count). The minimum Gasteiger partial charge on any atom is -0.339 e. The minimum absolute atomic E-state index is 0.0123. The van der Waals surface area contributed by atoms with Gasteiger partial charge in [0.05, 0.1) is 28.0 Å². The van der Waals surface area contributed by atoms with E-state index in [1.807, 2.05) is 52.1 Å². The quantitative estimate of drug-likeness (QED) is 0.648. The molecule has 1 N–H and O–H groups in total. The molecule has 7 heteroatoms. The van der Waals surface area contributed by atoms with E-state index >= 15 is 0 Å². The zero-order chi connectivity index (χ0) is 20.9. The van der Waals surface area contributed by atoms with E-state index in [0.717, 1.165) is 48.5 Å². The fourth-order valence-corrected chi connectivity index (χ4v) is 4.40. The highest BCUT2D eigenvalue weighted by Crippen LogP contribution is 2.22. The van der Waals surface area contributed by atoms with E-state index in [1.54, 1.807) is 23.9 Å². The maximum absolute atomic E-state index is 13.0. The van der Waals surface area contributed by atoms with Gasteiger partial charge in [-0.15, -0.1) is 0 Å². The van der Waals surface area contributed by atoms with Crippen LogP contribution in [0.3, 0.4) is 0 Å². The van der Waals surface area contributed by atoms with Gasteiger partial charge in [-0.1, -0.05) is 24.3 Å². The lowest BCUT2D eigenvalue weighted by Crippen LogP contribution is -2.36. The van der Waals surface area contributed by atoms with Crippen LogP contribution in [0.5, 0.6) is 0 Å². The third-order valence-corrected chi connectivity index (χ3v) is 5.93. The topological polar surface area (TPSA) is 67.2 Å². The number of fused-ring (bicyclic) bond motifs is 1. The molecule has 6 nitrogen and oxygen atoms in total. The number of aromatic nitrogens is 2. The van der Waals surface area contributed by atoms with Gasteiger partial charge >= 0.3 is 0 Å². The van der Waals surface area contributed by atoms with Crippen molar-refractivity contribution < 1.29 is 9.59 Å². The average molecular weight is 423 g/mol. The second kappa shape index (κ2) is 9.34. The van der Waals surface area contributed by atoms with Crippen molar-refractivity contribution in [2.24, 2.45) is 0 Å². The first-order valence-electron chi connectivity index (χ1n) is 10.3. The molecular weight excluding hydrogens is 396 g/mol. The van der Waals surface area contributed by atoms with Crippen LogP contribution in [0.4, 0.5) is 5.69 Å². The van der Waals surface area contributed by atoms with E-state index in [1.165, 1.54) is 6.42 Å². The Kier molecular flexibility index (Phi) is 6.38. The van der Waals surface area contributed by atoms with E-state index in [2.05, 4.69) is 10.3 Å². The Morgan fingerprint density at radius 1 is 1.03 bits per heavy atom. The van der Waals surface area contributed by atoms with Gasteiger partial charge in [0.2, 0.25) is 5.91 Å². The average Bonchev–Trinajstić information content (AvgIpc) is 3.11. The number of likely N-dealkylation sites (tertiary alicyclic amines) is 1. The highest BCUT2D eigenvalue weighted by Gasteiger charge is 2.21. The number of hydrogen-bond acceptors (Lipinski definition) is 4. The smallest absolute Gasteiger partial charge is 0.255 e. The maximum atomic E-state index is 13.0. The molecular formula is C23H26N4O2S. The van der Waals surface area contributed by atoms with Gasteiger partial charge in [0.25, 0.3) is 5.91 Å². The number of benzene rings is 2. The lowest BCUT2D eigenvalue weighted by atomic mass is 10.1. The van der Waals surface area contributed by atoms with E-state index in [-0.39, 0.29) is 18.4 Å². The van der Waals surface area contributed by atoms with Crippen LogP contribution in [0.15, 0.2) is 48.5 Å². The first kappa shape index (κ1) is 20.5. The molecule has 1 aliphatic heterocycles. The van der Waals surface area contributed by atoms with Crippen LogP contribution in [0, 0.1) is 0 Å². The summed E-state index contributed by atoms with van der Waals surface area (Å²) in [5.74, 6) is 1.42. The number of hydrogen-bond donors (Lipinski definition) is 1. The maximum Gasteiger partial charge on any atom is 0.255 e. The monoisotopic (exact) mass is 422 g/mol. The van der Waals surface area contributed by atoms with E-state index in [9.17, 15) is 9.59 Å². The summed E-state index contributed by atoms with van der Waals surface area (Å²) in [5.41, 5.74) is 2.94. The molecule has 30 heavy (non-hydrogen) atoms. The number of imidazole rings is 1. The number of amides is 2. The molecule has 1 fully saturated rings. The Morgan fingerprint density at radius 2 is 1.77 bits per heavy atom. The summed E-state index contributed by atoms with van der Waals surface area (Å²) >= 11 is 1.67. The highest BCUT2D eigenvalue weighted by atomic mass is 32.2. The zero-order valence-corrected chi connectivity index (χ0v) is 18.0. The standard InChI is InChI=1S/C23H26N4O2S/c1-30-16-21-24-19-11-5-6-12-20(19)27(21)15-22(28)25-18-10-4-3-9-17(18)23(29)26-13-7-2-8-14-26/h3-6,9-12H,2,7-8,13-16H2,1H3,(H,25,28). The summed E-state index contributed by atoms with van der Waals surface area (Å²) in [4.78, 5) is 32.5. The molecule has 3 aromatic rings. The lowest BCUT2D eigenvalue weighted by molar-refractivity contribution is -0.116. The molecule has 2 aromatic carbocycles. The van der Waals surface area contributed by atoms with Crippen LogP contribution in [-0.4, -0.2) is 45.6 Å². The summed E-state index contributed by atoms with van der Waals surface area (Å²) < 4.78 is 1.95. The molecule has 156 valence electrons. The Labute approximate surface area is 180 Å². The second-order valence-electron chi connectivity index (χ2n) is 7.48. The predicted molar refractivity (Wildman–Crippen MR) is 122 cm³/mol. The van der Waals surface area contributed by atoms with Crippen LogP contribution in [0.1, 0.15) is 35.4 Å². The van der Waals surface area contributed by atoms with Crippen LogP contribution < -0.4 is 5.32 Å². The molecule has 0 radical (unpaired) electrons. The number of para-hydroxylation sites is 3. The Bertz CT molecular complexity index is 1060. The molecule has 1 saturated heterocycles. The van der Waals surface area contributed by atoms with Crippen molar-refractivity contribution in [3.05, 3.63) is 59.9 Å². The van der Waals surface area contributed by atoms with E-state index in [4.69, 9.17) is 0 Å². The summed E-state index contributed by atoms with van der Waals surface area (Å²) in [6.45, 7) is 1.71. The van der Waals surface area contributed by atoms with E-state index < -0.39 is 0 Å². The van der Waals surface area contributed by atoms with Gasteiger partial charge in [-0.25, -0.2) is 4.98 Å². The van der Waals surface area contributed by atoms with Gasteiger partial charge in [0.1, 0.15) is 12.4 Å². The number of anilines is 1. The highest BCUT2D eigenvalue weighted by molar-refractivity contribution is 7.97. The molecule has 0 atom stereocenters. The van der Waals surface area contributed by atoms with Crippen LogP contribution in [0.25, 0.3) is 11.0 Å². The fourth-order valence-electron chi connectivity index (χ4n) is 3.92. The lowest BCUT2D eigenvalue weighted by Gasteiger charge is -2.27. The molecule has 0 spiro atoms. The molecule has 2 heterocycles. The third kappa shape index (κ3) is 4.36. The van der Waals surface area contributed by atoms with Crippen molar-refractivity contribution in [2.45, 2.75) is 31.6 Å². The third-order valence-electron chi connectivity index (χ3n) is 5.38. The Morgan fingerprint density at radius 3 is 2.57 bits per heavy atom. The van der Waals surface area contributed by atoms with Crippen molar-refractivity contribution in [1.29, 1.82) is 0 Å². The molecule has 1 aromatic heterocycles. The molecule has 2 amide bonds. The number of carbonyl (C=O) groups excluding carboxylic acids is 2. The van der Waals surface area contributed by atoms with Gasteiger partial charge in [-0.05, 0) is 49.8 Å². The van der Waals surface area contributed by atoms with Crippen molar-refractivity contribution in [1.82, 2.24) is 14.5 Å². The predicted octanol–water partition coefficient (Wildman–Crippen LogP) is 4.16. The SMILES string of the molecule is CSCc1nc2ccccc2n1CC(=O)Nc1ccccc1C(=O)N1CCCCC1. The first-order valence-corrected chi connectivity index (χ1v) is 11.7. The van der Waals surface area contributed by atoms with Gasteiger partial charge in [0.15, 0.2) is 0 Å². The largest absolute Gasteiger partial charge is 0.339 e. The molecule has 1 aliphatic rings.